The number of aryl methyl sites for hydroxylation is 1. The number of nitrogens with zero attached hydrogens (tertiary/aromatic N) is 1. The maximum absolute atomic E-state index is 5.32. The van der Waals surface area contributed by atoms with Gasteiger partial charge in [-0.05, 0) is 31.2 Å². The third kappa shape index (κ3) is 2.50. The zero-order chi connectivity index (χ0) is 14.8. The topological polar surface area (TPSA) is 59.2 Å². The Balaban J connectivity index is 1.98. The van der Waals surface area contributed by atoms with E-state index in [-0.39, 0.29) is 0 Å². The second kappa shape index (κ2) is 5.36. The molecule has 3 rings (SSSR count). The summed E-state index contributed by atoms with van der Waals surface area (Å²) in [6.07, 6.45) is 1.78. The van der Waals surface area contributed by atoms with Gasteiger partial charge in [-0.2, -0.15) is 0 Å². The molecule has 0 aliphatic rings. The van der Waals surface area contributed by atoms with E-state index in [0.717, 1.165) is 28.1 Å². The Morgan fingerprint density at radius 3 is 2.62 bits per heavy atom. The van der Waals surface area contributed by atoms with E-state index in [1.165, 1.54) is 0 Å². The normalized spacial score (nSPS) is 10.6. The van der Waals surface area contributed by atoms with Gasteiger partial charge in [0.05, 0.1) is 19.9 Å². The highest BCUT2D eigenvalue weighted by molar-refractivity contribution is 5.91. The van der Waals surface area contributed by atoms with E-state index in [4.69, 9.17) is 9.47 Å². The summed E-state index contributed by atoms with van der Waals surface area (Å²) in [7, 11) is 3.25. The van der Waals surface area contributed by atoms with Crippen LogP contribution in [-0.2, 0) is 0 Å². The Morgan fingerprint density at radius 1 is 1.05 bits per heavy atom. The van der Waals surface area contributed by atoms with E-state index in [0.29, 0.717) is 11.5 Å². The smallest absolute Gasteiger partial charge is 0.162 e. The molecule has 0 aliphatic heterocycles. The van der Waals surface area contributed by atoms with Crippen LogP contribution in [-0.4, -0.2) is 24.2 Å². The number of aromatic nitrogens is 2. The van der Waals surface area contributed by atoms with Crippen LogP contribution in [0.4, 0.5) is 11.4 Å². The number of aromatic amines is 1. The van der Waals surface area contributed by atoms with Gasteiger partial charge in [-0.25, -0.2) is 4.98 Å². The van der Waals surface area contributed by atoms with Gasteiger partial charge >= 0.3 is 0 Å². The van der Waals surface area contributed by atoms with Gasteiger partial charge < -0.3 is 19.8 Å². The molecule has 5 heteroatoms. The fourth-order valence-corrected chi connectivity index (χ4v) is 2.34. The molecule has 0 saturated carbocycles. The number of H-pyrrole nitrogens is 1. The maximum atomic E-state index is 5.32. The van der Waals surface area contributed by atoms with E-state index < -0.39 is 0 Å². The molecule has 0 spiro atoms. The summed E-state index contributed by atoms with van der Waals surface area (Å²) in [5.41, 5.74) is 3.88. The lowest BCUT2D eigenvalue weighted by molar-refractivity contribution is 0.355. The third-order valence-corrected chi connectivity index (χ3v) is 3.33. The molecule has 3 aromatic rings. The summed E-state index contributed by atoms with van der Waals surface area (Å²) in [6.45, 7) is 2.02. The minimum absolute atomic E-state index is 0.693. The average molecular weight is 283 g/mol. The zero-order valence-electron chi connectivity index (χ0n) is 12.2. The Hall–Kier alpha value is -2.69. The summed E-state index contributed by atoms with van der Waals surface area (Å²) in [5, 5.41) is 4.45. The highest BCUT2D eigenvalue weighted by atomic mass is 16.5. The first-order valence-corrected chi connectivity index (χ1v) is 6.64. The lowest BCUT2D eigenvalue weighted by Crippen LogP contribution is -1.95. The number of benzene rings is 1. The van der Waals surface area contributed by atoms with Gasteiger partial charge in [-0.15, -0.1) is 0 Å². The average Bonchev–Trinajstić information content (AvgIpc) is 2.88. The van der Waals surface area contributed by atoms with Crippen LogP contribution in [0.15, 0.2) is 36.5 Å². The van der Waals surface area contributed by atoms with Crippen molar-refractivity contribution < 1.29 is 9.47 Å². The van der Waals surface area contributed by atoms with Crippen molar-refractivity contribution in [3.63, 3.8) is 0 Å². The highest BCUT2D eigenvalue weighted by Crippen LogP contribution is 2.32. The van der Waals surface area contributed by atoms with Crippen molar-refractivity contribution in [3.05, 3.63) is 42.2 Å². The monoisotopic (exact) mass is 283 g/mol. The molecule has 2 N–H and O–H groups in total. The first kappa shape index (κ1) is 13.3. The molecule has 0 fully saturated rings. The van der Waals surface area contributed by atoms with Crippen LogP contribution < -0.4 is 14.8 Å². The van der Waals surface area contributed by atoms with Crippen LogP contribution in [0, 0.1) is 6.92 Å². The van der Waals surface area contributed by atoms with Gasteiger partial charge in [0.25, 0.3) is 0 Å². The minimum Gasteiger partial charge on any atom is -0.493 e. The fraction of sp³-hybridized carbons (Fsp3) is 0.188. The number of hydrogen-bond acceptors (Lipinski definition) is 4. The number of pyridine rings is 1. The van der Waals surface area contributed by atoms with Crippen LogP contribution in [0.2, 0.25) is 0 Å². The molecule has 0 amide bonds. The SMILES string of the molecule is COc1ccc(Nc2ccnc3[nH]c(C)cc23)cc1OC. The maximum Gasteiger partial charge on any atom is 0.162 e. The summed E-state index contributed by atoms with van der Waals surface area (Å²) >= 11 is 0. The molecule has 0 radical (unpaired) electrons. The summed E-state index contributed by atoms with van der Waals surface area (Å²) in [5.74, 6) is 1.40. The van der Waals surface area contributed by atoms with Gasteiger partial charge in [0.15, 0.2) is 11.5 Å². The lowest BCUT2D eigenvalue weighted by Gasteiger charge is -2.11. The highest BCUT2D eigenvalue weighted by Gasteiger charge is 2.08. The molecule has 2 heterocycles. The standard InChI is InChI=1S/C16H17N3O2/c1-10-8-12-13(6-7-17-16(12)18-10)19-11-4-5-14(20-2)15(9-11)21-3/h4-9H,1-3H3,(H2,17,18,19). The number of anilines is 2. The van der Waals surface area contributed by atoms with Crippen molar-refractivity contribution in [2.45, 2.75) is 6.92 Å². The van der Waals surface area contributed by atoms with E-state index in [2.05, 4.69) is 21.4 Å². The second-order valence-electron chi connectivity index (χ2n) is 4.77. The molecular weight excluding hydrogens is 266 g/mol. The van der Waals surface area contributed by atoms with Gasteiger partial charge in [0.1, 0.15) is 5.65 Å². The first-order valence-electron chi connectivity index (χ1n) is 6.64. The Bertz CT molecular complexity index is 780. The van der Waals surface area contributed by atoms with Crippen molar-refractivity contribution in [2.24, 2.45) is 0 Å². The fourth-order valence-electron chi connectivity index (χ4n) is 2.34. The molecule has 0 aliphatic carbocycles. The number of hydrogen-bond donors (Lipinski definition) is 2. The Kier molecular flexibility index (Phi) is 3.39. The van der Waals surface area contributed by atoms with Crippen LogP contribution in [0.1, 0.15) is 5.69 Å². The Morgan fingerprint density at radius 2 is 1.86 bits per heavy atom. The van der Waals surface area contributed by atoms with Crippen molar-refractivity contribution >= 4 is 22.4 Å². The molecule has 0 bridgehead atoms. The van der Waals surface area contributed by atoms with Crippen LogP contribution in [0.25, 0.3) is 11.0 Å². The van der Waals surface area contributed by atoms with Crippen molar-refractivity contribution in [1.29, 1.82) is 0 Å². The van der Waals surface area contributed by atoms with Crippen LogP contribution >= 0.6 is 0 Å². The van der Waals surface area contributed by atoms with E-state index in [9.17, 15) is 0 Å². The predicted octanol–water partition coefficient (Wildman–Crippen LogP) is 3.63. The minimum atomic E-state index is 0.693. The van der Waals surface area contributed by atoms with Crippen LogP contribution in [0.5, 0.6) is 11.5 Å². The van der Waals surface area contributed by atoms with Crippen molar-refractivity contribution in [2.75, 3.05) is 19.5 Å². The molecule has 0 unspecified atom stereocenters. The number of fused-ring (bicyclic) bond motifs is 1. The molecule has 2 aromatic heterocycles. The summed E-state index contributed by atoms with van der Waals surface area (Å²) < 4.78 is 10.6. The van der Waals surface area contributed by atoms with Crippen molar-refractivity contribution in [1.82, 2.24) is 9.97 Å². The first-order chi connectivity index (χ1) is 10.2. The van der Waals surface area contributed by atoms with Gasteiger partial charge in [0, 0.05) is 29.0 Å². The van der Waals surface area contributed by atoms with E-state index in [1.807, 2.05) is 31.2 Å². The molecule has 5 nitrogen and oxygen atoms in total. The lowest BCUT2D eigenvalue weighted by atomic mass is 10.2. The van der Waals surface area contributed by atoms with E-state index in [1.54, 1.807) is 20.4 Å². The summed E-state index contributed by atoms with van der Waals surface area (Å²) in [6, 6.07) is 9.76. The van der Waals surface area contributed by atoms with Gasteiger partial charge in [-0.1, -0.05) is 0 Å². The van der Waals surface area contributed by atoms with Crippen molar-refractivity contribution in [3.8, 4) is 11.5 Å². The molecule has 21 heavy (non-hydrogen) atoms. The number of nitrogens with one attached hydrogen (secondary N) is 2. The van der Waals surface area contributed by atoms with Gasteiger partial charge in [-0.3, -0.25) is 0 Å². The predicted molar refractivity (Wildman–Crippen MR) is 83.7 cm³/mol. The van der Waals surface area contributed by atoms with Crippen LogP contribution in [0.3, 0.4) is 0 Å². The quantitative estimate of drug-likeness (QED) is 0.767. The molecular formula is C16H17N3O2. The zero-order valence-corrected chi connectivity index (χ0v) is 12.2. The summed E-state index contributed by atoms with van der Waals surface area (Å²) in [4.78, 5) is 7.55. The largest absolute Gasteiger partial charge is 0.493 e. The second-order valence-corrected chi connectivity index (χ2v) is 4.77. The molecule has 0 atom stereocenters. The molecule has 0 saturated heterocycles. The molecule has 1 aromatic carbocycles. The number of methoxy groups -OCH3 is 2. The van der Waals surface area contributed by atoms with Gasteiger partial charge in [0.2, 0.25) is 0 Å². The molecule has 108 valence electrons. The van der Waals surface area contributed by atoms with E-state index >= 15 is 0 Å². The number of rotatable bonds is 4. The Labute approximate surface area is 122 Å². The number of ether oxygens (including phenoxy) is 2. The third-order valence-electron chi connectivity index (χ3n) is 3.33.